The van der Waals surface area contributed by atoms with Gasteiger partial charge in [-0.15, -0.1) is 26.3 Å². The van der Waals surface area contributed by atoms with E-state index in [0.29, 0.717) is 24.2 Å². The van der Waals surface area contributed by atoms with Crippen LogP contribution in [-0.4, -0.2) is 51.2 Å². The van der Waals surface area contributed by atoms with Crippen LogP contribution in [0.15, 0.2) is 72.8 Å². The van der Waals surface area contributed by atoms with Crippen molar-refractivity contribution in [3.05, 3.63) is 89.5 Å². The number of methoxy groups -OCH3 is 1. The average molecular weight is 737 g/mol. The van der Waals surface area contributed by atoms with Crippen molar-refractivity contribution >= 4 is 12.0 Å². The van der Waals surface area contributed by atoms with Crippen molar-refractivity contribution in [3.63, 3.8) is 0 Å². The molecule has 0 saturated heterocycles. The van der Waals surface area contributed by atoms with Gasteiger partial charge in [-0.2, -0.15) is 13.2 Å². The van der Waals surface area contributed by atoms with Gasteiger partial charge < -0.3 is 29.6 Å². The zero-order chi connectivity index (χ0) is 37.5. The number of hydrogen-bond donors (Lipinski definition) is 2. The van der Waals surface area contributed by atoms with Crippen molar-refractivity contribution < 1.29 is 68.1 Å². The highest BCUT2D eigenvalue weighted by molar-refractivity contribution is 5.76. The quantitative estimate of drug-likeness (QED) is 0.144. The van der Waals surface area contributed by atoms with Gasteiger partial charge in [0.25, 0.3) is 0 Å². The fourth-order valence-corrected chi connectivity index (χ4v) is 5.94. The molecule has 0 spiro atoms. The largest absolute Gasteiger partial charge is 0.573 e. The minimum atomic E-state index is -5.16. The Morgan fingerprint density at radius 1 is 0.765 bits per heavy atom. The number of urea groups is 1. The summed E-state index contributed by atoms with van der Waals surface area (Å²) >= 11 is 0. The number of benzene rings is 3. The van der Waals surface area contributed by atoms with Gasteiger partial charge in [-0.1, -0.05) is 42.8 Å². The Labute approximate surface area is 286 Å². The van der Waals surface area contributed by atoms with Gasteiger partial charge in [0.05, 0.1) is 25.2 Å². The Kier molecular flexibility index (Phi) is 12.2. The highest BCUT2D eigenvalue weighted by Crippen LogP contribution is 2.39. The zero-order valence-corrected chi connectivity index (χ0v) is 26.9. The number of halogens is 9. The van der Waals surface area contributed by atoms with Crippen LogP contribution in [0.25, 0.3) is 0 Å². The van der Waals surface area contributed by atoms with E-state index in [9.17, 15) is 49.1 Å². The summed E-state index contributed by atoms with van der Waals surface area (Å²) in [6, 6.07) is 12.9. The molecule has 2 atom stereocenters. The molecular formula is C34H33F9N2O6. The molecule has 0 aromatic heterocycles. The van der Waals surface area contributed by atoms with Crippen LogP contribution in [0.2, 0.25) is 0 Å². The Hall–Kier alpha value is -4.83. The molecular weight excluding hydrogens is 703 g/mol. The van der Waals surface area contributed by atoms with Crippen molar-refractivity contribution in [2.45, 2.75) is 56.5 Å². The van der Waals surface area contributed by atoms with E-state index in [4.69, 9.17) is 9.47 Å². The van der Waals surface area contributed by atoms with E-state index >= 15 is 0 Å². The van der Waals surface area contributed by atoms with E-state index in [0.717, 1.165) is 49.2 Å². The number of hydrogen-bond acceptors (Lipinski definition) is 6. The van der Waals surface area contributed by atoms with E-state index in [-0.39, 0.29) is 35.5 Å². The fourth-order valence-electron chi connectivity index (χ4n) is 5.94. The molecule has 0 unspecified atom stereocenters. The Bertz CT molecular complexity index is 1570. The Balaban J connectivity index is 1.73. The van der Waals surface area contributed by atoms with Crippen LogP contribution in [0, 0.1) is 11.8 Å². The molecule has 1 saturated carbocycles. The van der Waals surface area contributed by atoms with Crippen LogP contribution in [0.3, 0.4) is 0 Å². The van der Waals surface area contributed by atoms with Crippen molar-refractivity contribution in [2.24, 2.45) is 11.8 Å². The van der Waals surface area contributed by atoms with E-state index in [2.05, 4.69) is 14.8 Å². The van der Waals surface area contributed by atoms with Crippen molar-refractivity contribution in [1.29, 1.82) is 0 Å². The SMILES string of the molecule is COC(=O)[C@H]1CCC[C@@H](COc2ccc(CC(NC(=O)NCC(F)(F)F)(c3cccc(OC(F)(F)F)c3)c3cccc(OC(F)(F)F)c3)cc2)C1. The Morgan fingerprint density at radius 3 is 1.84 bits per heavy atom. The van der Waals surface area contributed by atoms with E-state index < -0.39 is 54.9 Å². The maximum Gasteiger partial charge on any atom is 0.573 e. The van der Waals surface area contributed by atoms with Crippen LogP contribution in [0.4, 0.5) is 44.3 Å². The molecule has 0 radical (unpaired) electrons. The maximum absolute atomic E-state index is 13.2. The third-order valence-electron chi connectivity index (χ3n) is 8.09. The summed E-state index contributed by atoms with van der Waals surface area (Å²) in [5, 5.41) is 4.01. The smallest absolute Gasteiger partial charge is 0.493 e. The Morgan fingerprint density at radius 2 is 1.33 bits per heavy atom. The first-order chi connectivity index (χ1) is 23.8. The van der Waals surface area contributed by atoms with Gasteiger partial charge in [-0.3, -0.25) is 4.79 Å². The second kappa shape index (κ2) is 16.0. The van der Waals surface area contributed by atoms with E-state index in [1.165, 1.54) is 43.5 Å². The van der Waals surface area contributed by atoms with Crippen LogP contribution in [0.5, 0.6) is 17.2 Å². The molecule has 1 fully saturated rings. The number of rotatable bonds is 12. The normalized spacial score (nSPS) is 16.9. The number of nitrogens with one attached hydrogen (secondary N) is 2. The molecule has 4 rings (SSSR count). The topological polar surface area (TPSA) is 95.1 Å². The molecule has 2 amide bonds. The number of esters is 1. The molecule has 278 valence electrons. The molecule has 3 aromatic carbocycles. The highest BCUT2D eigenvalue weighted by atomic mass is 19.4. The lowest BCUT2D eigenvalue weighted by Gasteiger charge is -2.37. The predicted octanol–water partition coefficient (Wildman–Crippen LogP) is 8.19. The van der Waals surface area contributed by atoms with Crippen LogP contribution in [0.1, 0.15) is 42.4 Å². The first-order valence-electron chi connectivity index (χ1n) is 15.5. The lowest BCUT2D eigenvalue weighted by atomic mass is 9.77. The first kappa shape index (κ1) is 39.0. The third-order valence-corrected chi connectivity index (χ3v) is 8.09. The molecule has 8 nitrogen and oxygen atoms in total. The summed E-state index contributed by atoms with van der Waals surface area (Å²) in [5.41, 5.74) is -2.15. The van der Waals surface area contributed by atoms with Gasteiger partial charge in [0.1, 0.15) is 23.8 Å². The molecule has 0 heterocycles. The van der Waals surface area contributed by atoms with Crippen LogP contribution in [-0.2, 0) is 21.5 Å². The summed E-state index contributed by atoms with van der Waals surface area (Å²) in [5.74, 6) is -1.63. The summed E-state index contributed by atoms with van der Waals surface area (Å²) in [6.45, 7) is -1.52. The van der Waals surface area contributed by atoms with Crippen molar-refractivity contribution in [1.82, 2.24) is 10.6 Å². The molecule has 1 aliphatic rings. The highest BCUT2D eigenvalue weighted by Gasteiger charge is 2.40. The van der Waals surface area contributed by atoms with Crippen molar-refractivity contribution in [2.75, 3.05) is 20.3 Å². The molecule has 0 aliphatic heterocycles. The molecule has 1 aliphatic carbocycles. The monoisotopic (exact) mass is 736 g/mol. The first-order valence-corrected chi connectivity index (χ1v) is 15.5. The summed E-state index contributed by atoms with van der Waals surface area (Å²) in [6.07, 6.45) is -12.7. The molecule has 17 heteroatoms. The van der Waals surface area contributed by atoms with Gasteiger partial charge in [0.2, 0.25) is 0 Å². The lowest BCUT2D eigenvalue weighted by Crippen LogP contribution is -2.53. The zero-order valence-electron chi connectivity index (χ0n) is 26.9. The van der Waals surface area contributed by atoms with E-state index in [1.807, 2.05) is 0 Å². The van der Waals surface area contributed by atoms with Crippen molar-refractivity contribution in [3.8, 4) is 17.2 Å². The van der Waals surface area contributed by atoms with Crippen LogP contribution < -0.4 is 24.8 Å². The summed E-state index contributed by atoms with van der Waals surface area (Å²) in [4.78, 5) is 25.0. The van der Waals surface area contributed by atoms with Gasteiger partial charge in [-0.25, -0.2) is 4.79 Å². The second-order valence-corrected chi connectivity index (χ2v) is 11.9. The number of ether oxygens (including phenoxy) is 4. The van der Waals surface area contributed by atoms with E-state index in [1.54, 1.807) is 5.32 Å². The number of carbonyl (C=O) groups is 2. The van der Waals surface area contributed by atoms with Gasteiger partial charge in [-0.05, 0) is 78.3 Å². The standard InChI is InChI=1S/C34H33F9N2O6/c1-48-29(46)23-6-2-5-22(15-23)19-49-26-13-11-21(12-14-26)18-31(45-30(47)44-20-32(35,36)37,24-7-3-9-27(16-24)50-33(38,39)40)25-8-4-10-28(17-25)51-34(41,42)43/h3-4,7-14,16-17,22-23H,2,5-6,15,18-20H2,1H3,(H2,44,45,47)/t22-,23+/m1/s1. The summed E-state index contributed by atoms with van der Waals surface area (Å²) < 4.78 is 137. The molecule has 2 N–H and O–H groups in total. The predicted molar refractivity (Wildman–Crippen MR) is 163 cm³/mol. The van der Waals surface area contributed by atoms with Gasteiger partial charge in [0, 0.05) is 6.42 Å². The molecule has 0 bridgehead atoms. The number of alkyl halides is 9. The van der Waals surface area contributed by atoms with Gasteiger partial charge >= 0.3 is 30.9 Å². The lowest BCUT2D eigenvalue weighted by molar-refractivity contribution is -0.275. The summed E-state index contributed by atoms with van der Waals surface area (Å²) in [7, 11) is 1.32. The van der Waals surface area contributed by atoms with Gasteiger partial charge in [0.15, 0.2) is 0 Å². The number of carbonyl (C=O) groups excluding carboxylic acids is 2. The average Bonchev–Trinajstić information content (AvgIpc) is 3.05. The number of amides is 2. The molecule has 3 aromatic rings. The third kappa shape index (κ3) is 11.9. The molecule has 51 heavy (non-hydrogen) atoms. The van der Waals surface area contributed by atoms with Crippen LogP contribution >= 0.6 is 0 Å². The minimum absolute atomic E-state index is 0.0620. The second-order valence-electron chi connectivity index (χ2n) is 11.9. The maximum atomic E-state index is 13.2. The fraction of sp³-hybridized carbons (Fsp3) is 0.412. The minimum Gasteiger partial charge on any atom is -0.493 e.